The summed E-state index contributed by atoms with van der Waals surface area (Å²) in [5.41, 5.74) is 6.65. The zero-order chi connectivity index (χ0) is 19.8. The Morgan fingerprint density at radius 3 is 2.70 bits per heavy atom. The van der Waals surface area contributed by atoms with Crippen molar-refractivity contribution in [3.05, 3.63) is 30.1 Å². The zero-order valence-electron chi connectivity index (χ0n) is 16.3. The van der Waals surface area contributed by atoms with E-state index in [-0.39, 0.29) is 12.5 Å². The maximum Gasteiger partial charge on any atom is 0.410 e. The van der Waals surface area contributed by atoms with Gasteiger partial charge in [0, 0.05) is 32.3 Å². The van der Waals surface area contributed by atoms with Crippen LogP contribution in [0.3, 0.4) is 0 Å². The fraction of sp³-hybridized carbons (Fsp3) is 0.526. The summed E-state index contributed by atoms with van der Waals surface area (Å²) in [6, 6.07) is 5.58. The highest BCUT2D eigenvalue weighted by molar-refractivity contribution is 5.76. The van der Waals surface area contributed by atoms with Gasteiger partial charge in [0.25, 0.3) is 0 Å². The molecular weight excluding hydrogens is 346 g/mol. The second kappa shape index (κ2) is 7.09. The fourth-order valence-electron chi connectivity index (χ4n) is 3.41. The summed E-state index contributed by atoms with van der Waals surface area (Å²) in [6.07, 6.45) is 1.66. The molecule has 0 saturated carbocycles. The van der Waals surface area contributed by atoms with E-state index < -0.39 is 17.6 Å². The van der Waals surface area contributed by atoms with Crippen LogP contribution in [0.15, 0.2) is 24.4 Å². The first-order chi connectivity index (χ1) is 12.6. The largest absolute Gasteiger partial charge is 0.444 e. The molecule has 2 aromatic heterocycles. The molecule has 3 rings (SSSR count). The lowest BCUT2D eigenvalue weighted by Gasteiger charge is -2.42. The average Bonchev–Trinajstić information content (AvgIpc) is 2.92. The molecule has 1 aliphatic rings. The molecule has 8 nitrogen and oxygen atoms in total. The second-order valence-corrected chi connectivity index (χ2v) is 7.94. The third-order valence-electron chi connectivity index (χ3n) is 4.46. The summed E-state index contributed by atoms with van der Waals surface area (Å²) >= 11 is 0. The molecule has 0 radical (unpaired) electrons. The SMILES string of the molecule is Cc1cn2c(N3CCN(C(=O)OC(C)(C)C)C(CC(N)=O)C3)cccc2n1. The molecule has 0 aromatic carbocycles. The van der Waals surface area contributed by atoms with E-state index in [1.54, 1.807) is 4.90 Å². The summed E-state index contributed by atoms with van der Waals surface area (Å²) in [5.74, 6) is 0.540. The molecule has 0 bridgehead atoms. The van der Waals surface area contributed by atoms with Crippen LogP contribution < -0.4 is 10.6 Å². The van der Waals surface area contributed by atoms with Crippen LogP contribution >= 0.6 is 0 Å². The number of nitrogens with zero attached hydrogens (tertiary/aromatic N) is 4. The van der Waals surface area contributed by atoms with Crippen molar-refractivity contribution in [1.29, 1.82) is 0 Å². The minimum Gasteiger partial charge on any atom is -0.444 e. The lowest BCUT2D eigenvalue weighted by molar-refractivity contribution is -0.119. The second-order valence-electron chi connectivity index (χ2n) is 7.94. The number of carbonyl (C=O) groups excluding carboxylic acids is 2. The summed E-state index contributed by atoms with van der Waals surface area (Å²) in [4.78, 5) is 32.4. The molecule has 146 valence electrons. The molecule has 2 aromatic rings. The normalized spacial score (nSPS) is 18.0. The summed E-state index contributed by atoms with van der Waals surface area (Å²) in [7, 11) is 0. The monoisotopic (exact) mass is 373 g/mol. The van der Waals surface area contributed by atoms with Gasteiger partial charge in [0.15, 0.2) is 0 Å². The number of nitrogens with two attached hydrogens (primary N) is 1. The van der Waals surface area contributed by atoms with Crippen molar-refractivity contribution < 1.29 is 14.3 Å². The van der Waals surface area contributed by atoms with Gasteiger partial charge in [-0.05, 0) is 39.8 Å². The molecule has 1 fully saturated rings. The minimum atomic E-state index is -0.592. The van der Waals surface area contributed by atoms with Crippen LogP contribution in [-0.2, 0) is 9.53 Å². The van der Waals surface area contributed by atoms with Crippen molar-refractivity contribution in [3.63, 3.8) is 0 Å². The molecule has 0 spiro atoms. The Bertz CT molecular complexity index is 855. The van der Waals surface area contributed by atoms with Gasteiger partial charge in [-0.15, -0.1) is 0 Å². The number of aromatic nitrogens is 2. The highest BCUT2D eigenvalue weighted by atomic mass is 16.6. The average molecular weight is 373 g/mol. The number of anilines is 1. The molecule has 1 unspecified atom stereocenters. The number of fused-ring (bicyclic) bond motifs is 1. The predicted molar refractivity (Wildman–Crippen MR) is 103 cm³/mol. The van der Waals surface area contributed by atoms with Crippen molar-refractivity contribution in [3.8, 4) is 0 Å². The first-order valence-electron chi connectivity index (χ1n) is 9.11. The predicted octanol–water partition coefficient (Wildman–Crippen LogP) is 1.94. The van der Waals surface area contributed by atoms with E-state index in [9.17, 15) is 9.59 Å². The van der Waals surface area contributed by atoms with E-state index >= 15 is 0 Å². The van der Waals surface area contributed by atoms with Crippen molar-refractivity contribution in [2.45, 2.75) is 45.8 Å². The molecule has 8 heteroatoms. The first kappa shape index (κ1) is 19.0. The first-order valence-corrected chi connectivity index (χ1v) is 9.11. The van der Waals surface area contributed by atoms with E-state index in [0.717, 1.165) is 17.2 Å². The van der Waals surface area contributed by atoms with Crippen LogP contribution in [0.1, 0.15) is 32.9 Å². The fourth-order valence-corrected chi connectivity index (χ4v) is 3.41. The Morgan fingerprint density at radius 2 is 2.04 bits per heavy atom. The highest BCUT2D eigenvalue weighted by Crippen LogP contribution is 2.24. The number of rotatable bonds is 3. The molecule has 1 aliphatic heterocycles. The van der Waals surface area contributed by atoms with E-state index in [0.29, 0.717) is 19.6 Å². The number of ether oxygens (including phenoxy) is 1. The van der Waals surface area contributed by atoms with Crippen LogP contribution in [0.5, 0.6) is 0 Å². The molecule has 3 heterocycles. The van der Waals surface area contributed by atoms with Gasteiger partial charge in [-0.1, -0.05) is 6.07 Å². The van der Waals surface area contributed by atoms with Crippen LogP contribution in [-0.4, -0.2) is 57.6 Å². The van der Waals surface area contributed by atoms with Crippen LogP contribution in [0.2, 0.25) is 0 Å². The number of imidazole rings is 1. The Balaban J connectivity index is 1.85. The van der Waals surface area contributed by atoms with E-state index in [4.69, 9.17) is 10.5 Å². The standard InChI is InChI=1S/C19H27N5O3/c1-13-11-24-16(21-13)6-5-7-17(24)22-8-9-23(14(12-22)10-15(20)25)18(26)27-19(2,3)4/h5-7,11,14H,8-10,12H2,1-4H3,(H2,20,25). The number of aryl methyl sites for hydroxylation is 1. The quantitative estimate of drug-likeness (QED) is 0.887. The smallest absolute Gasteiger partial charge is 0.410 e. The summed E-state index contributed by atoms with van der Waals surface area (Å²) in [5, 5.41) is 0. The number of primary amides is 1. The Hall–Kier alpha value is -2.77. The molecule has 2 N–H and O–H groups in total. The third-order valence-corrected chi connectivity index (χ3v) is 4.46. The van der Waals surface area contributed by atoms with Gasteiger partial charge in [-0.3, -0.25) is 9.20 Å². The molecule has 0 aliphatic carbocycles. The summed E-state index contributed by atoms with van der Waals surface area (Å²) in [6.45, 7) is 9.01. The number of piperazine rings is 1. The molecule has 27 heavy (non-hydrogen) atoms. The molecule has 2 amide bonds. The van der Waals surface area contributed by atoms with Gasteiger partial charge in [-0.2, -0.15) is 0 Å². The lowest BCUT2D eigenvalue weighted by Crippen LogP contribution is -2.57. The summed E-state index contributed by atoms with van der Waals surface area (Å²) < 4.78 is 7.53. The van der Waals surface area contributed by atoms with Crippen molar-refractivity contribution in [2.75, 3.05) is 24.5 Å². The van der Waals surface area contributed by atoms with Crippen molar-refractivity contribution >= 4 is 23.5 Å². The van der Waals surface area contributed by atoms with Gasteiger partial charge < -0.3 is 20.3 Å². The molecule has 1 saturated heterocycles. The number of hydrogen-bond donors (Lipinski definition) is 1. The number of hydrogen-bond acceptors (Lipinski definition) is 5. The lowest BCUT2D eigenvalue weighted by atomic mass is 10.1. The maximum absolute atomic E-state index is 12.6. The van der Waals surface area contributed by atoms with E-state index in [1.807, 2.05) is 56.5 Å². The topological polar surface area (TPSA) is 93.2 Å². The number of amides is 2. The van der Waals surface area contributed by atoms with Gasteiger partial charge in [0.2, 0.25) is 5.91 Å². The van der Waals surface area contributed by atoms with Crippen LogP contribution in [0.25, 0.3) is 5.65 Å². The van der Waals surface area contributed by atoms with Gasteiger partial charge in [0.05, 0.1) is 11.7 Å². The Morgan fingerprint density at radius 1 is 1.30 bits per heavy atom. The maximum atomic E-state index is 12.6. The van der Waals surface area contributed by atoms with Crippen molar-refractivity contribution in [1.82, 2.24) is 14.3 Å². The van der Waals surface area contributed by atoms with Gasteiger partial charge in [-0.25, -0.2) is 9.78 Å². The van der Waals surface area contributed by atoms with Crippen LogP contribution in [0.4, 0.5) is 10.6 Å². The number of pyridine rings is 1. The highest BCUT2D eigenvalue weighted by Gasteiger charge is 2.34. The van der Waals surface area contributed by atoms with E-state index in [1.165, 1.54) is 0 Å². The van der Waals surface area contributed by atoms with Crippen molar-refractivity contribution in [2.24, 2.45) is 5.73 Å². The minimum absolute atomic E-state index is 0.0919. The Kier molecular flexibility index (Phi) is 4.99. The van der Waals surface area contributed by atoms with E-state index in [2.05, 4.69) is 9.88 Å². The van der Waals surface area contributed by atoms with Crippen LogP contribution in [0, 0.1) is 6.92 Å². The van der Waals surface area contributed by atoms with Gasteiger partial charge in [0.1, 0.15) is 17.1 Å². The molecular formula is C19H27N5O3. The van der Waals surface area contributed by atoms with Gasteiger partial charge >= 0.3 is 6.09 Å². The zero-order valence-corrected chi connectivity index (χ0v) is 16.3. The third kappa shape index (κ3) is 4.32. The molecule has 1 atom stereocenters. The Labute approximate surface area is 158 Å². The number of carbonyl (C=O) groups is 2.